The third kappa shape index (κ3) is 5.89. The fourth-order valence-corrected chi connectivity index (χ4v) is 2.52. The molecule has 0 bridgehead atoms. The number of para-hydroxylation sites is 1. The van der Waals surface area contributed by atoms with Crippen LogP contribution in [0.5, 0.6) is 0 Å². The molecule has 6 heteroatoms. The van der Waals surface area contributed by atoms with Gasteiger partial charge in [0.1, 0.15) is 5.84 Å². The Balaban J connectivity index is 0.00000225. The van der Waals surface area contributed by atoms with E-state index in [2.05, 4.69) is 14.9 Å². The van der Waals surface area contributed by atoms with Gasteiger partial charge in [0.2, 0.25) is 5.96 Å². The van der Waals surface area contributed by atoms with Gasteiger partial charge in [-0.15, -0.1) is 12.4 Å². The van der Waals surface area contributed by atoms with Gasteiger partial charge in [-0.1, -0.05) is 48.5 Å². The molecule has 1 heterocycles. The second-order valence-electron chi connectivity index (χ2n) is 5.61. The van der Waals surface area contributed by atoms with E-state index in [-0.39, 0.29) is 12.4 Å². The number of morpholine rings is 1. The van der Waals surface area contributed by atoms with E-state index in [1.54, 1.807) is 0 Å². The first-order chi connectivity index (χ1) is 11.8. The molecule has 2 N–H and O–H groups in total. The molecule has 2 aromatic carbocycles. The molecule has 0 spiro atoms. The molecule has 1 saturated heterocycles. The van der Waals surface area contributed by atoms with E-state index in [0.717, 1.165) is 24.3 Å². The van der Waals surface area contributed by atoms with Crippen LogP contribution in [0.1, 0.15) is 5.56 Å². The van der Waals surface area contributed by atoms with E-state index in [1.165, 1.54) is 0 Å². The molecule has 0 aromatic heterocycles. The van der Waals surface area contributed by atoms with E-state index >= 15 is 0 Å². The van der Waals surface area contributed by atoms with E-state index < -0.39 is 0 Å². The van der Waals surface area contributed by atoms with Crippen molar-refractivity contribution in [3.63, 3.8) is 0 Å². The highest BCUT2D eigenvalue weighted by molar-refractivity contribution is 5.97. The maximum Gasteiger partial charge on any atom is 0.227 e. The Hall–Kier alpha value is -2.37. The minimum absolute atomic E-state index is 0. The van der Waals surface area contributed by atoms with Crippen LogP contribution in [-0.4, -0.2) is 43.0 Å². The quantitative estimate of drug-likeness (QED) is 0.677. The molecule has 0 amide bonds. The second-order valence-corrected chi connectivity index (χ2v) is 5.61. The first-order valence-electron chi connectivity index (χ1n) is 8.14. The van der Waals surface area contributed by atoms with Crippen molar-refractivity contribution in [1.82, 2.24) is 4.90 Å². The standard InChI is InChI=1S/C19H22N4O.ClH/c20-18(15-16-7-3-1-4-8-16)22-19(23-11-13-24-14-12-23)21-17-9-5-2-6-10-17;/h1-10H,11-15H2,(H2,20,21,22);1H. The number of hydrogen-bond acceptors (Lipinski definition) is 2. The minimum atomic E-state index is 0. The van der Waals surface area contributed by atoms with Gasteiger partial charge in [-0.25, -0.2) is 9.98 Å². The summed E-state index contributed by atoms with van der Waals surface area (Å²) in [5, 5.41) is 0. The Morgan fingerprint density at radius 1 is 0.960 bits per heavy atom. The highest BCUT2D eigenvalue weighted by Crippen LogP contribution is 2.13. The molecule has 132 valence electrons. The summed E-state index contributed by atoms with van der Waals surface area (Å²) in [6.45, 7) is 2.91. The number of ether oxygens (including phenoxy) is 1. The zero-order valence-electron chi connectivity index (χ0n) is 14.0. The molecule has 1 aliphatic rings. The van der Waals surface area contributed by atoms with Crippen molar-refractivity contribution < 1.29 is 4.74 Å². The van der Waals surface area contributed by atoms with Gasteiger partial charge < -0.3 is 15.4 Å². The lowest BCUT2D eigenvalue weighted by Crippen LogP contribution is -2.40. The van der Waals surface area contributed by atoms with Gasteiger partial charge in [0.15, 0.2) is 0 Å². The molecule has 1 fully saturated rings. The Bertz CT molecular complexity index is 698. The topological polar surface area (TPSA) is 63.2 Å². The smallest absolute Gasteiger partial charge is 0.227 e. The number of nitrogens with zero attached hydrogens (tertiary/aromatic N) is 3. The zero-order valence-corrected chi connectivity index (χ0v) is 14.9. The number of halogens is 1. The van der Waals surface area contributed by atoms with E-state index in [9.17, 15) is 0 Å². The van der Waals surface area contributed by atoms with Crippen LogP contribution in [0, 0.1) is 0 Å². The summed E-state index contributed by atoms with van der Waals surface area (Å²) in [5.74, 6) is 1.21. The lowest BCUT2D eigenvalue weighted by molar-refractivity contribution is 0.0676. The number of rotatable bonds is 3. The van der Waals surface area contributed by atoms with E-state index in [0.29, 0.717) is 31.4 Å². The maximum absolute atomic E-state index is 6.18. The monoisotopic (exact) mass is 358 g/mol. The van der Waals surface area contributed by atoms with Crippen LogP contribution in [0.3, 0.4) is 0 Å². The third-order valence-electron chi connectivity index (χ3n) is 3.75. The lowest BCUT2D eigenvalue weighted by atomic mass is 10.1. The molecule has 0 unspecified atom stereocenters. The van der Waals surface area contributed by atoms with Crippen molar-refractivity contribution in [3.05, 3.63) is 66.2 Å². The van der Waals surface area contributed by atoms with Crippen molar-refractivity contribution in [2.24, 2.45) is 15.7 Å². The summed E-state index contributed by atoms with van der Waals surface area (Å²) in [7, 11) is 0. The van der Waals surface area contributed by atoms with Crippen molar-refractivity contribution >= 4 is 29.9 Å². The Morgan fingerprint density at radius 3 is 2.20 bits per heavy atom. The molecule has 0 atom stereocenters. The molecule has 5 nitrogen and oxygen atoms in total. The van der Waals surface area contributed by atoms with Gasteiger partial charge >= 0.3 is 0 Å². The van der Waals surface area contributed by atoms with Crippen LogP contribution in [0.2, 0.25) is 0 Å². The van der Waals surface area contributed by atoms with Crippen LogP contribution in [0.4, 0.5) is 5.69 Å². The number of aliphatic imine (C=N–C) groups is 2. The van der Waals surface area contributed by atoms with Gasteiger partial charge in [-0.3, -0.25) is 0 Å². The molecule has 3 rings (SSSR count). The number of benzene rings is 2. The number of nitrogens with two attached hydrogens (primary N) is 1. The molecule has 2 aromatic rings. The second kappa shape index (κ2) is 9.81. The molecule has 0 radical (unpaired) electrons. The van der Waals surface area contributed by atoms with Gasteiger partial charge in [-0.05, 0) is 17.7 Å². The number of amidine groups is 1. The molecular weight excluding hydrogens is 336 g/mol. The zero-order chi connectivity index (χ0) is 16.6. The number of hydrogen-bond donors (Lipinski definition) is 1. The Kier molecular flexibility index (Phi) is 7.44. The molecular formula is C19H23ClN4O. The molecule has 25 heavy (non-hydrogen) atoms. The summed E-state index contributed by atoms with van der Waals surface area (Å²) < 4.78 is 5.42. The van der Waals surface area contributed by atoms with Gasteiger partial charge in [0.05, 0.1) is 18.9 Å². The average Bonchev–Trinajstić information content (AvgIpc) is 2.63. The van der Waals surface area contributed by atoms with E-state index in [4.69, 9.17) is 10.5 Å². The summed E-state index contributed by atoms with van der Waals surface area (Å²) in [6, 6.07) is 19.9. The van der Waals surface area contributed by atoms with E-state index in [1.807, 2.05) is 60.7 Å². The minimum Gasteiger partial charge on any atom is -0.387 e. The molecule has 0 saturated carbocycles. The number of guanidine groups is 1. The van der Waals surface area contributed by atoms with Crippen molar-refractivity contribution in [1.29, 1.82) is 0 Å². The van der Waals surface area contributed by atoms with Crippen LogP contribution < -0.4 is 5.73 Å². The van der Waals surface area contributed by atoms with Crippen LogP contribution in [0.15, 0.2) is 70.6 Å². The lowest BCUT2D eigenvalue weighted by Gasteiger charge is -2.27. The first-order valence-corrected chi connectivity index (χ1v) is 8.14. The summed E-state index contributed by atoms with van der Waals surface area (Å²) in [5.41, 5.74) is 8.19. The largest absolute Gasteiger partial charge is 0.387 e. The van der Waals surface area contributed by atoms with Crippen molar-refractivity contribution in [2.75, 3.05) is 26.3 Å². The predicted octanol–water partition coefficient (Wildman–Crippen LogP) is 3.03. The van der Waals surface area contributed by atoms with Crippen LogP contribution in [-0.2, 0) is 11.2 Å². The van der Waals surface area contributed by atoms with Crippen molar-refractivity contribution in [3.8, 4) is 0 Å². The van der Waals surface area contributed by atoms with Crippen molar-refractivity contribution in [2.45, 2.75) is 6.42 Å². The highest BCUT2D eigenvalue weighted by atomic mass is 35.5. The van der Waals surface area contributed by atoms with Crippen LogP contribution >= 0.6 is 12.4 Å². The normalized spacial score (nSPS) is 15.6. The molecule has 1 aliphatic heterocycles. The first kappa shape index (κ1) is 19.0. The van der Waals surface area contributed by atoms with Gasteiger partial charge in [-0.2, -0.15) is 0 Å². The fraction of sp³-hybridized carbons (Fsp3) is 0.263. The average molecular weight is 359 g/mol. The van der Waals surface area contributed by atoms with Gasteiger partial charge in [0, 0.05) is 19.5 Å². The SMILES string of the molecule is Cl.N/C(Cc1ccccc1)=N\C(=Nc1ccccc1)N1CCOCC1. The van der Waals surface area contributed by atoms with Crippen LogP contribution in [0.25, 0.3) is 0 Å². The fourth-order valence-electron chi connectivity index (χ4n) is 2.52. The Morgan fingerprint density at radius 2 is 1.56 bits per heavy atom. The Labute approximate surface area is 154 Å². The maximum atomic E-state index is 6.18. The predicted molar refractivity (Wildman–Crippen MR) is 105 cm³/mol. The van der Waals surface area contributed by atoms with Gasteiger partial charge in [0.25, 0.3) is 0 Å². The highest BCUT2D eigenvalue weighted by Gasteiger charge is 2.15. The summed E-state index contributed by atoms with van der Waals surface area (Å²) in [6.07, 6.45) is 0.610. The summed E-state index contributed by atoms with van der Waals surface area (Å²) >= 11 is 0. The third-order valence-corrected chi connectivity index (χ3v) is 3.75. The summed E-state index contributed by atoms with van der Waals surface area (Å²) in [4.78, 5) is 11.4. The molecule has 0 aliphatic carbocycles.